The Balaban J connectivity index is 1.92. The molecule has 1 saturated carbocycles. The summed E-state index contributed by atoms with van der Waals surface area (Å²) in [6.45, 7) is 11.6. The molecular formula is C17H34N2O. The molecule has 1 aliphatic heterocycles. The lowest BCUT2D eigenvalue weighted by molar-refractivity contribution is -0.0563. The van der Waals surface area contributed by atoms with Gasteiger partial charge in [-0.05, 0) is 64.0 Å². The largest absolute Gasteiger partial charge is 0.377 e. The number of rotatable bonds is 5. The third-order valence-corrected chi connectivity index (χ3v) is 5.43. The normalized spacial score (nSPS) is 39.9. The molecular weight excluding hydrogens is 248 g/mol. The van der Waals surface area contributed by atoms with Gasteiger partial charge in [0.25, 0.3) is 0 Å². The lowest BCUT2D eigenvalue weighted by Gasteiger charge is -2.43. The van der Waals surface area contributed by atoms with Gasteiger partial charge in [0.1, 0.15) is 0 Å². The molecule has 4 atom stereocenters. The summed E-state index contributed by atoms with van der Waals surface area (Å²) in [5, 5.41) is 3.72. The van der Waals surface area contributed by atoms with Crippen molar-refractivity contribution in [3.63, 3.8) is 0 Å². The summed E-state index contributed by atoms with van der Waals surface area (Å²) in [6.07, 6.45) is 6.62. The maximum absolute atomic E-state index is 5.74. The molecule has 1 heterocycles. The molecule has 0 amide bonds. The average molecular weight is 282 g/mol. The minimum absolute atomic E-state index is 0.0756. The van der Waals surface area contributed by atoms with Gasteiger partial charge in [0.05, 0.1) is 5.60 Å². The minimum atomic E-state index is 0.0756. The molecule has 0 spiro atoms. The summed E-state index contributed by atoms with van der Waals surface area (Å²) >= 11 is 0. The Morgan fingerprint density at radius 2 is 2.15 bits per heavy atom. The van der Waals surface area contributed by atoms with E-state index in [1.165, 1.54) is 45.2 Å². The van der Waals surface area contributed by atoms with Crippen molar-refractivity contribution in [3.05, 3.63) is 0 Å². The summed E-state index contributed by atoms with van der Waals surface area (Å²) in [5.41, 5.74) is 0.0756. The fraction of sp³-hybridized carbons (Fsp3) is 1.00. The second-order valence-electron chi connectivity index (χ2n) is 7.34. The second kappa shape index (κ2) is 7.24. The molecule has 0 radical (unpaired) electrons. The Bertz CT molecular complexity index is 297. The first-order valence-electron chi connectivity index (χ1n) is 8.57. The van der Waals surface area contributed by atoms with Crippen LogP contribution in [0.15, 0.2) is 0 Å². The molecule has 2 rings (SSSR count). The maximum atomic E-state index is 5.74. The minimum Gasteiger partial charge on any atom is -0.377 e. The number of methoxy groups -OCH3 is 1. The van der Waals surface area contributed by atoms with Gasteiger partial charge < -0.3 is 15.0 Å². The highest BCUT2D eigenvalue weighted by Gasteiger charge is 2.34. The van der Waals surface area contributed by atoms with Crippen LogP contribution in [0.2, 0.25) is 0 Å². The number of likely N-dealkylation sites (tertiary alicyclic amines) is 1. The monoisotopic (exact) mass is 282 g/mol. The zero-order valence-corrected chi connectivity index (χ0v) is 14.0. The first-order chi connectivity index (χ1) is 9.56. The maximum Gasteiger partial charge on any atom is 0.0777 e. The number of piperidine rings is 1. The van der Waals surface area contributed by atoms with Gasteiger partial charge in [-0.1, -0.05) is 13.8 Å². The first-order valence-corrected chi connectivity index (χ1v) is 8.57. The van der Waals surface area contributed by atoms with E-state index in [0.717, 1.165) is 31.0 Å². The number of ether oxygens (including phenoxy) is 1. The molecule has 3 heteroatoms. The quantitative estimate of drug-likeness (QED) is 0.839. The highest BCUT2D eigenvalue weighted by atomic mass is 16.5. The summed E-state index contributed by atoms with van der Waals surface area (Å²) < 4.78 is 5.74. The third-order valence-electron chi connectivity index (χ3n) is 5.43. The van der Waals surface area contributed by atoms with Gasteiger partial charge in [-0.3, -0.25) is 0 Å². The van der Waals surface area contributed by atoms with E-state index in [9.17, 15) is 0 Å². The molecule has 0 bridgehead atoms. The molecule has 1 saturated heterocycles. The predicted octanol–water partition coefficient (Wildman–Crippen LogP) is 2.90. The van der Waals surface area contributed by atoms with Crippen LogP contribution in [0.4, 0.5) is 0 Å². The van der Waals surface area contributed by atoms with Crippen LogP contribution < -0.4 is 5.32 Å². The lowest BCUT2D eigenvalue weighted by atomic mass is 9.78. The van der Waals surface area contributed by atoms with Crippen molar-refractivity contribution in [2.45, 2.75) is 64.5 Å². The molecule has 118 valence electrons. The van der Waals surface area contributed by atoms with E-state index >= 15 is 0 Å². The highest BCUT2D eigenvalue weighted by Crippen LogP contribution is 2.31. The smallest absolute Gasteiger partial charge is 0.0777 e. The molecule has 3 nitrogen and oxygen atoms in total. The lowest BCUT2D eigenvalue weighted by Crippen LogP contribution is -2.52. The van der Waals surface area contributed by atoms with Crippen LogP contribution in [0, 0.1) is 11.8 Å². The Labute approximate surface area is 125 Å². The average Bonchev–Trinajstić information content (AvgIpc) is 2.42. The Morgan fingerprint density at radius 3 is 2.85 bits per heavy atom. The van der Waals surface area contributed by atoms with Crippen molar-refractivity contribution in [1.29, 1.82) is 0 Å². The van der Waals surface area contributed by atoms with Crippen molar-refractivity contribution in [3.8, 4) is 0 Å². The highest BCUT2D eigenvalue weighted by molar-refractivity contribution is 4.89. The molecule has 2 fully saturated rings. The van der Waals surface area contributed by atoms with Crippen molar-refractivity contribution < 1.29 is 4.74 Å². The van der Waals surface area contributed by atoms with Gasteiger partial charge in [-0.25, -0.2) is 0 Å². The van der Waals surface area contributed by atoms with Crippen molar-refractivity contribution in [2.75, 3.05) is 33.3 Å². The van der Waals surface area contributed by atoms with E-state index in [0.29, 0.717) is 0 Å². The van der Waals surface area contributed by atoms with Crippen LogP contribution in [-0.4, -0.2) is 49.8 Å². The van der Waals surface area contributed by atoms with Crippen LogP contribution in [0.3, 0.4) is 0 Å². The van der Waals surface area contributed by atoms with Crippen LogP contribution >= 0.6 is 0 Å². The molecule has 1 N–H and O–H groups in total. The zero-order chi connectivity index (χ0) is 14.6. The third kappa shape index (κ3) is 4.19. The van der Waals surface area contributed by atoms with Crippen molar-refractivity contribution in [2.24, 2.45) is 11.8 Å². The molecule has 0 aromatic rings. The van der Waals surface area contributed by atoms with Gasteiger partial charge in [-0.2, -0.15) is 0 Å². The van der Waals surface area contributed by atoms with Gasteiger partial charge in [0, 0.05) is 26.2 Å². The number of hydrogen-bond donors (Lipinski definition) is 1. The second-order valence-corrected chi connectivity index (χ2v) is 7.34. The van der Waals surface area contributed by atoms with Crippen LogP contribution in [-0.2, 0) is 4.74 Å². The van der Waals surface area contributed by atoms with Crippen molar-refractivity contribution >= 4 is 0 Å². The van der Waals surface area contributed by atoms with E-state index in [2.05, 4.69) is 31.0 Å². The fourth-order valence-electron chi connectivity index (χ4n) is 4.19. The van der Waals surface area contributed by atoms with Gasteiger partial charge in [0.2, 0.25) is 0 Å². The van der Waals surface area contributed by atoms with Crippen LogP contribution in [0.1, 0.15) is 52.9 Å². The van der Waals surface area contributed by atoms with Crippen LogP contribution in [0.5, 0.6) is 0 Å². The SMILES string of the molecule is CCNC1CCC(C)CC1CN1CCCC(C)(OC)C1. The summed E-state index contributed by atoms with van der Waals surface area (Å²) in [7, 11) is 1.87. The van der Waals surface area contributed by atoms with Gasteiger partial charge in [-0.15, -0.1) is 0 Å². The number of hydrogen-bond acceptors (Lipinski definition) is 3. The summed E-state index contributed by atoms with van der Waals surface area (Å²) in [5.74, 6) is 1.71. The Kier molecular flexibility index (Phi) is 5.88. The number of nitrogens with zero attached hydrogens (tertiary/aromatic N) is 1. The van der Waals surface area contributed by atoms with E-state index in [1.807, 2.05) is 7.11 Å². The first kappa shape index (κ1) is 16.3. The molecule has 2 aliphatic rings. The van der Waals surface area contributed by atoms with E-state index in [4.69, 9.17) is 4.74 Å². The topological polar surface area (TPSA) is 24.5 Å². The van der Waals surface area contributed by atoms with E-state index in [-0.39, 0.29) is 5.60 Å². The van der Waals surface area contributed by atoms with Crippen molar-refractivity contribution in [1.82, 2.24) is 10.2 Å². The Morgan fingerprint density at radius 1 is 1.35 bits per heavy atom. The van der Waals surface area contributed by atoms with Gasteiger partial charge in [0.15, 0.2) is 0 Å². The van der Waals surface area contributed by atoms with Crippen LogP contribution in [0.25, 0.3) is 0 Å². The molecule has 1 aliphatic carbocycles. The Hall–Kier alpha value is -0.120. The summed E-state index contributed by atoms with van der Waals surface area (Å²) in [6, 6.07) is 0.729. The molecule has 0 aromatic carbocycles. The molecule has 0 aromatic heterocycles. The zero-order valence-electron chi connectivity index (χ0n) is 14.0. The summed E-state index contributed by atoms with van der Waals surface area (Å²) in [4.78, 5) is 2.65. The number of nitrogens with one attached hydrogen (secondary N) is 1. The standard InChI is InChI=1S/C17H34N2O/c1-5-18-16-8-7-14(2)11-15(16)12-19-10-6-9-17(3,13-19)20-4/h14-16,18H,5-13H2,1-4H3. The fourth-order valence-corrected chi connectivity index (χ4v) is 4.19. The van der Waals surface area contributed by atoms with Gasteiger partial charge >= 0.3 is 0 Å². The van der Waals surface area contributed by atoms with E-state index < -0.39 is 0 Å². The molecule has 4 unspecified atom stereocenters. The van der Waals surface area contributed by atoms with E-state index in [1.54, 1.807) is 0 Å². The predicted molar refractivity (Wildman–Crippen MR) is 85.1 cm³/mol. The molecule has 20 heavy (non-hydrogen) atoms.